The molecular formula is C17H13IN2O2S. The van der Waals surface area contributed by atoms with Crippen molar-refractivity contribution in [2.45, 2.75) is 0 Å². The van der Waals surface area contributed by atoms with Gasteiger partial charge >= 0.3 is 0 Å². The number of carbonyl (C=O) groups excluding carboxylic acids is 1. The van der Waals surface area contributed by atoms with Crippen molar-refractivity contribution in [1.82, 2.24) is 5.32 Å². The average molecular weight is 436 g/mol. The van der Waals surface area contributed by atoms with Gasteiger partial charge in [0, 0.05) is 3.57 Å². The molecule has 1 amide bonds. The number of benzene rings is 2. The van der Waals surface area contributed by atoms with Crippen molar-refractivity contribution in [3.05, 3.63) is 62.6 Å². The molecule has 0 bridgehead atoms. The molecular weight excluding hydrogens is 423 g/mol. The maximum atomic E-state index is 12.1. The third-order valence-electron chi connectivity index (χ3n) is 3.14. The Labute approximate surface area is 152 Å². The Morgan fingerprint density at radius 2 is 1.91 bits per heavy atom. The average Bonchev–Trinajstić information content (AvgIpc) is 2.90. The fraction of sp³-hybridized carbons (Fsp3) is 0.0588. The fourth-order valence-electron chi connectivity index (χ4n) is 1.98. The Kier molecular flexibility index (Phi) is 5.02. The number of aliphatic imine (C=N–C) groups is 1. The number of ether oxygens (including phenoxy) is 1. The number of halogens is 1. The Morgan fingerprint density at radius 3 is 2.61 bits per heavy atom. The molecule has 1 aliphatic heterocycles. The molecule has 0 radical (unpaired) electrons. The molecule has 0 aliphatic carbocycles. The minimum atomic E-state index is -0.129. The second-order valence-corrected chi connectivity index (χ2v) is 6.90. The van der Waals surface area contributed by atoms with Crippen LogP contribution in [0.5, 0.6) is 5.75 Å². The van der Waals surface area contributed by atoms with E-state index in [0.29, 0.717) is 10.1 Å². The summed E-state index contributed by atoms with van der Waals surface area (Å²) in [5.41, 5.74) is 1.79. The molecule has 1 heterocycles. The Hall–Kier alpha value is -1.80. The second kappa shape index (κ2) is 7.18. The summed E-state index contributed by atoms with van der Waals surface area (Å²) in [6, 6.07) is 15.3. The first-order valence-corrected chi connectivity index (χ1v) is 8.73. The van der Waals surface area contributed by atoms with E-state index in [4.69, 9.17) is 4.74 Å². The summed E-state index contributed by atoms with van der Waals surface area (Å²) >= 11 is 3.57. The predicted molar refractivity (Wildman–Crippen MR) is 103 cm³/mol. The van der Waals surface area contributed by atoms with Gasteiger partial charge in [0.05, 0.1) is 17.7 Å². The molecule has 3 rings (SSSR count). The number of thioether (sulfide) groups is 1. The maximum absolute atomic E-state index is 12.1. The third kappa shape index (κ3) is 3.94. The lowest BCUT2D eigenvalue weighted by Gasteiger charge is -1.99. The van der Waals surface area contributed by atoms with E-state index < -0.39 is 0 Å². The number of amidine groups is 1. The first-order chi connectivity index (χ1) is 11.2. The second-order valence-electron chi connectivity index (χ2n) is 4.71. The van der Waals surface area contributed by atoms with E-state index in [9.17, 15) is 4.79 Å². The van der Waals surface area contributed by atoms with Crippen LogP contribution in [0, 0.1) is 3.57 Å². The normalized spacial score (nSPS) is 17.6. The molecule has 6 heteroatoms. The number of methoxy groups -OCH3 is 1. The minimum Gasteiger partial charge on any atom is -0.497 e. The molecule has 1 fully saturated rings. The van der Waals surface area contributed by atoms with Gasteiger partial charge in [-0.05, 0) is 70.3 Å². The minimum absolute atomic E-state index is 0.129. The molecule has 1 aliphatic rings. The van der Waals surface area contributed by atoms with Crippen LogP contribution in [0.2, 0.25) is 0 Å². The summed E-state index contributed by atoms with van der Waals surface area (Å²) in [6.07, 6.45) is 1.85. The van der Waals surface area contributed by atoms with Crippen LogP contribution in [0.15, 0.2) is 58.4 Å². The lowest BCUT2D eigenvalue weighted by atomic mass is 10.2. The van der Waals surface area contributed by atoms with E-state index in [0.717, 1.165) is 20.6 Å². The molecule has 2 aromatic carbocycles. The van der Waals surface area contributed by atoms with Gasteiger partial charge in [-0.2, -0.15) is 0 Å². The van der Waals surface area contributed by atoms with Crippen molar-refractivity contribution in [1.29, 1.82) is 0 Å². The molecule has 4 nitrogen and oxygen atoms in total. The van der Waals surface area contributed by atoms with Gasteiger partial charge in [0.25, 0.3) is 5.91 Å². The summed E-state index contributed by atoms with van der Waals surface area (Å²) in [4.78, 5) is 17.2. The van der Waals surface area contributed by atoms with Gasteiger partial charge in [-0.25, -0.2) is 4.99 Å². The standard InChI is InChI=1S/C17H13IN2O2S/c1-22-12-8-6-11(7-9-12)10-15-16(21)20-17(23-15)19-14-5-3-2-4-13(14)18/h2-10H,1H3,(H,19,20,21)/b15-10+. The van der Waals surface area contributed by atoms with Crippen LogP contribution in [0.1, 0.15) is 5.56 Å². The van der Waals surface area contributed by atoms with Gasteiger partial charge in [-0.15, -0.1) is 0 Å². The van der Waals surface area contributed by atoms with Crippen LogP contribution in [-0.4, -0.2) is 18.2 Å². The van der Waals surface area contributed by atoms with Crippen LogP contribution in [0.4, 0.5) is 5.69 Å². The zero-order valence-electron chi connectivity index (χ0n) is 12.2. The van der Waals surface area contributed by atoms with E-state index in [1.165, 1.54) is 11.8 Å². The van der Waals surface area contributed by atoms with Crippen LogP contribution in [0.25, 0.3) is 6.08 Å². The quantitative estimate of drug-likeness (QED) is 0.580. The van der Waals surface area contributed by atoms with Gasteiger partial charge in [0.1, 0.15) is 5.75 Å². The highest BCUT2D eigenvalue weighted by Gasteiger charge is 2.23. The van der Waals surface area contributed by atoms with E-state index in [-0.39, 0.29) is 5.91 Å². The molecule has 1 N–H and O–H groups in total. The summed E-state index contributed by atoms with van der Waals surface area (Å²) < 4.78 is 6.17. The van der Waals surface area contributed by atoms with E-state index >= 15 is 0 Å². The molecule has 0 saturated carbocycles. The number of nitrogens with one attached hydrogen (secondary N) is 1. The van der Waals surface area contributed by atoms with E-state index in [1.807, 2.05) is 54.6 Å². The highest BCUT2D eigenvalue weighted by molar-refractivity contribution is 14.1. The summed E-state index contributed by atoms with van der Waals surface area (Å²) in [7, 11) is 1.63. The predicted octanol–water partition coefficient (Wildman–Crippen LogP) is 4.19. The van der Waals surface area contributed by atoms with Gasteiger partial charge in [-0.1, -0.05) is 24.3 Å². The van der Waals surface area contributed by atoms with Crippen molar-refractivity contribution < 1.29 is 9.53 Å². The third-order valence-corrected chi connectivity index (χ3v) is 4.96. The van der Waals surface area contributed by atoms with Crippen LogP contribution in [0.3, 0.4) is 0 Å². The number of hydrogen-bond donors (Lipinski definition) is 1. The van der Waals surface area contributed by atoms with Crippen molar-refractivity contribution in [2.24, 2.45) is 4.99 Å². The lowest BCUT2D eigenvalue weighted by molar-refractivity contribution is -0.115. The number of rotatable bonds is 3. The number of hydrogen-bond acceptors (Lipinski definition) is 4. The maximum Gasteiger partial charge on any atom is 0.264 e. The van der Waals surface area contributed by atoms with Crippen LogP contribution in [-0.2, 0) is 4.79 Å². The van der Waals surface area contributed by atoms with Crippen molar-refractivity contribution in [3.8, 4) is 5.75 Å². The zero-order chi connectivity index (χ0) is 16.2. The van der Waals surface area contributed by atoms with Gasteiger partial charge < -0.3 is 10.1 Å². The van der Waals surface area contributed by atoms with E-state index in [2.05, 4.69) is 32.9 Å². The summed E-state index contributed by atoms with van der Waals surface area (Å²) in [5, 5.41) is 3.40. The largest absolute Gasteiger partial charge is 0.497 e. The molecule has 0 atom stereocenters. The number of carbonyl (C=O) groups is 1. The monoisotopic (exact) mass is 436 g/mol. The van der Waals surface area contributed by atoms with Gasteiger partial charge in [0.2, 0.25) is 0 Å². The first-order valence-electron chi connectivity index (χ1n) is 6.84. The lowest BCUT2D eigenvalue weighted by Crippen LogP contribution is -2.19. The SMILES string of the molecule is COc1ccc(/C=C2/SC(=Nc3ccccc3I)NC2=O)cc1. The van der Waals surface area contributed by atoms with Crippen molar-refractivity contribution >= 4 is 57.2 Å². The zero-order valence-corrected chi connectivity index (χ0v) is 15.2. The molecule has 1 saturated heterocycles. The van der Waals surface area contributed by atoms with Crippen molar-refractivity contribution in [3.63, 3.8) is 0 Å². The Bertz CT molecular complexity index is 800. The number of nitrogens with zero attached hydrogens (tertiary/aromatic N) is 1. The van der Waals surface area contributed by atoms with Gasteiger partial charge in [-0.3, -0.25) is 4.79 Å². The molecule has 0 spiro atoms. The Morgan fingerprint density at radius 1 is 1.17 bits per heavy atom. The molecule has 23 heavy (non-hydrogen) atoms. The number of amides is 1. The highest BCUT2D eigenvalue weighted by Crippen LogP contribution is 2.29. The topological polar surface area (TPSA) is 50.7 Å². The Balaban J connectivity index is 1.82. The fourth-order valence-corrected chi connectivity index (χ4v) is 3.33. The summed E-state index contributed by atoms with van der Waals surface area (Å²) in [6.45, 7) is 0. The number of para-hydroxylation sites is 1. The van der Waals surface area contributed by atoms with Crippen molar-refractivity contribution in [2.75, 3.05) is 7.11 Å². The smallest absolute Gasteiger partial charge is 0.264 e. The van der Waals surface area contributed by atoms with Crippen LogP contribution < -0.4 is 10.1 Å². The van der Waals surface area contributed by atoms with Gasteiger partial charge in [0.15, 0.2) is 5.17 Å². The molecule has 0 aromatic heterocycles. The first kappa shape index (κ1) is 16.1. The summed E-state index contributed by atoms with van der Waals surface area (Å²) in [5.74, 6) is 0.659. The molecule has 0 unspecified atom stereocenters. The van der Waals surface area contributed by atoms with E-state index in [1.54, 1.807) is 7.11 Å². The molecule has 116 valence electrons. The van der Waals surface area contributed by atoms with Crippen LogP contribution >= 0.6 is 34.4 Å². The highest BCUT2D eigenvalue weighted by atomic mass is 127. The molecule has 2 aromatic rings.